The number of hydrogen-bond donors (Lipinski definition) is 1. The highest BCUT2D eigenvalue weighted by Crippen LogP contribution is 2.11. The van der Waals surface area contributed by atoms with Crippen molar-refractivity contribution in [3.63, 3.8) is 0 Å². The molecule has 2 rings (SSSR count). The topological polar surface area (TPSA) is 83.0 Å². The molecule has 0 saturated carbocycles. The summed E-state index contributed by atoms with van der Waals surface area (Å²) in [7, 11) is 0. The number of hydrogen-bond acceptors (Lipinski definition) is 4. The lowest BCUT2D eigenvalue weighted by molar-refractivity contribution is 0.0785. The number of carbonyl (C=O) groups is 1. The summed E-state index contributed by atoms with van der Waals surface area (Å²) in [6.45, 7) is 1.27. The van der Waals surface area contributed by atoms with Crippen molar-refractivity contribution in [1.29, 1.82) is 5.26 Å². The Morgan fingerprint density at radius 2 is 2.44 bits per heavy atom. The molecule has 16 heavy (non-hydrogen) atoms. The van der Waals surface area contributed by atoms with Crippen LogP contribution in [-0.2, 0) is 0 Å². The lowest BCUT2D eigenvalue weighted by atomic mass is 10.2. The fraction of sp³-hybridized carbons (Fsp3) is 0.364. The van der Waals surface area contributed by atoms with E-state index in [9.17, 15) is 4.79 Å². The van der Waals surface area contributed by atoms with E-state index in [4.69, 9.17) is 11.0 Å². The van der Waals surface area contributed by atoms with Crippen LogP contribution in [0.3, 0.4) is 0 Å². The molecule has 1 aliphatic heterocycles. The maximum Gasteiger partial charge on any atom is 0.272 e. The van der Waals surface area contributed by atoms with Crippen LogP contribution < -0.4 is 5.73 Å². The van der Waals surface area contributed by atoms with Gasteiger partial charge in [0.2, 0.25) is 0 Å². The number of nitriles is 1. The van der Waals surface area contributed by atoms with Gasteiger partial charge in [-0.2, -0.15) is 5.26 Å². The molecule has 0 bridgehead atoms. The van der Waals surface area contributed by atoms with Crippen molar-refractivity contribution in [2.45, 2.75) is 12.5 Å². The van der Waals surface area contributed by atoms with E-state index in [0.29, 0.717) is 24.3 Å². The summed E-state index contributed by atoms with van der Waals surface area (Å²) in [6.07, 6.45) is 2.24. The lowest BCUT2D eigenvalue weighted by Crippen LogP contribution is -2.32. The SMILES string of the molecule is N#Cc1ccc(C(=O)N2CC[C@H](N)C2)nc1. The maximum atomic E-state index is 11.9. The van der Waals surface area contributed by atoms with Crippen LogP contribution in [0.2, 0.25) is 0 Å². The minimum Gasteiger partial charge on any atom is -0.336 e. The van der Waals surface area contributed by atoms with E-state index in [-0.39, 0.29) is 11.9 Å². The van der Waals surface area contributed by atoms with Gasteiger partial charge < -0.3 is 10.6 Å². The number of pyridine rings is 1. The summed E-state index contributed by atoms with van der Waals surface area (Å²) in [5.74, 6) is -0.113. The third-order valence-corrected chi connectivity index (χ3v) is 2.62. The smallest absolute Gasteiger partial charge is 0.272 e. The Labute approximate surface area is 93.5 Å². The van der Waals surface area contributed by atoms with Gasteiger partial charge in [-0.25, -0.2) is 4.98 Å². The molecule has 1 atom stereocenters. The zero-order valence-electron chi connectivity index (χ0n) is 8.76. The van der Waals surface area contributed by atoms with Crippen molar-refractivity contribution >= 4 is 5.91 Å². The number of rotatable bonds is 1. The molecule has 1 fully saturated rings. The second-order valence-electron chi connectivity index (χ2n) is 3.84. The fourth-order valence-corrected chi connectivity index (χ4v) is 1.72. The van der Waals surface area contributed by atoms with Crippen LogP contribution in [0.1, 0.15) is 22.5 Å². The van der Waals surface area contributed by atoms with Crippen LogP contribution >= 0.6 is 0 Å². The van der Waals surface area contributed by atoms with Crippen LogP contribution in [0.4, 0.5) is 0 Å². The normalized spacial score (nSPS) is 19.5. The first-order chi connectivity index (χ1) is 7.70. The Bertz CT molecular complexity index is 434. The zero-order valence-corrected chi connectivity index (χ0v) is 8.76. The second kappa shape index (κ2) is 4.29. The van der Waals surface area contributed by atoms with Gasteiger partial charge in [0.25, 0.3) is 5.91 Å². The fourth-order valence-electron chi connectivity index (χ4n) is 1.72. The van der Waals surface area contributed by atoms with Crippen molar-refractivity contribution in [2.75, 3.05) is 13.1 Å². The molecule has 1 aromatic rings. The van der Waals surface area contributed by atoms with Gasteiger partial charge in [-0.15, -0.1) is 0 Å². The summed E-state index contributed by atoms with van der Waals surface area (Å²) in [4.78, 5) is 17.6. The molecule has 2 N–H and O–H groups in total. The molecule has 0 aliphatic carbocycles. The Hall–Kier alpha value is -1.93. The molecule has 1 aromatic heterocycles. The standard InChI is InChI=1S/C11H12N4O/c12-5-8-1-2-10(14-6-8)11(16)15-4-3-9(13)7-15/h1-2,6,9H,3-4,7,13H2/t9-/m0/s1. The van der Waals surface area contributed by atoms with E-state index >= 15 is 0 Å². The number of nitrogens with two attached hydrogens (primary N) is 1. The Kier molecular flexibility index (Phi) is 2.84. The molecule has 0 spiro atoms. The largest absolute Gasteiger partial charge is 0.336 e. The van der Waals surface area contributed by atoms with E-state index in [1.165, 1.54) is 6.20 Å². The van der Waals surface area contributed by atoms with Crippen molar-refractivity contribution in [1.82, 2.24) is 9.88 Å². The summed E-state index contributed by atoms with van der Waals surface area (Å²) in [5, 5.41) is 8.61. The highest BCUT2D eigenvalue weighted by molar-refractivity contribution is 5.92. The first kappa shape index (κ1) is 10.6. The van der Waals surface area contributed by atoms with Crippen LogP contribution in [0.15, 0.2) is 18.3 Å². The predicted molar refractivity (Wildman–Crippen MR) is 57.4 cm³/mol. The maximum absolute atomic E-state index is 11.9. The van der Waals surface area contributed by atoms with Gasteiger partial charge >= 0.3 is 0 Å². The molecular formula is C11H12N4O. The van der Waals surface area contributed by atoms with E-state index in [0.717, 1.165) is 6.42 Å². The van der Waals surface area contributed by atoms with Crippen LogP contribution in [-0.4, -0.2) is 34.9 Å². The highest BCUT2D eigenvalue weighted by atomic mass is 16.2. The summed E-state index contributed by atoms with van der Waals surface area (Å²) in [6, 6.07) is 5.20. The van der Waals surface area contributed by atoms with Gasteiger partial charge in [-0.05, 0) is 18.6 Å². The number of amides is 1. The molecule has 0 unspecified atom stereocenters. The molecule has 5 nitrogen and oxygen atoms in total. The van der Waals surface area contributed by atoms with E-state index < -0.39 is 0 Å². The minimum absolute atomic E-state index is 0.0716. The summed E-state index contributed by atoms with van der Waals surface area (Å²) >= 11 is 0. The molecule has 0 radical (unpaired) electrons. The van der Waals surface area contributed by atoms with Crippen LogP contribution in [0.25, 0.3) is 0 Å². The molecule has 1 aliphatic rings. The summed E-state index contributed by atoms with van der Waals surface area (Å²) < 4.78 is 0. The number of aromatic nitrogens is 1. The average molecular weight is 216 g/mol. The zero-order chi connectivity index (χ0) is 11.5. The van der Waals surface area contributed by atoms with Gasteiger partial charge in [-0.1, -0.05) is 0 Å². The molecule has 1 saturated heterocycles. The lowest BCUT2D eigenvalue weighted by Gasteiger charge is -2.14. The van der Waals surface area contributed by atoms with Gasteiger partial charge in [-0.3, -0.25) is 4.79 Å². The van der Waals surface area contributed by atoms with E-state index in [1.54, 1.807) is 17.0 Å². The van der Waals surface area contributed by atoms with Crippen molar-refractivity contribution in [3.05, 3.63) is 29.6 Å². The third kappa shape index (κ3) is 2.02. The van der Waals surface area contributed by atoms with Crippen molar-refractivity contribution < 1.29 is 4.79 Å². The quantitative estimate of drug-likeness (QED) is 0.723. The molecule has 2 heterocycles. The third-order valence-electron chi connectivity index (χ3n) is 2.62. The van der Waals surface area contributed by atoms with Gasteiger partial charge in [0.1, 0.15) is 11.8 Å². The average Bonchev–Trinajstić information content (AvgIpc) is 2.75. The van der Waals surface area contributed by atoms with Gasteiger partial charge in [0.15, 0.2) is 0 Å². The Morgan fingerprint density at radius 3 is 2.94 bits per heavy atom. The molecule has 5 heteroatoms. The molecule has 0 aromatic carbocycles. The van der Waals surface area contributed by atoms with Gasteiger partial charge in [0.05, 0.1) is 5.56 Å². The number of nitrogens with zero attached hydrogens (tertiary/aromatic N) is 3. The first-order valence-corrected chi connectivity index (χ1v) is 5.11. The van der Waals surface area contributed by atoms with E-state index in [2.05, 4.69) is 4.98 Å². The van der Waals surface area contributed by atoms with Crippen LogP contribution in [0, 0.1) is 11.3 Å². The van der Waals surface area contributed by atoms with Gasteiger partial charge in [0, 0.05) is 25.3 Å². The predicted octanol–water partition coefficient (Wildman–Crippen LogP) is 0.126. The first-order valence-electron chi connectivity index (χ1n) is 5.11. The molecule has 1 amide bonds. The minimum atomic E-state index is -0.113. The second-order valence-corrected chi connectivity index (χ2v) is 3.84. The monoisotopic (exact) mass is 216 g/mol. The summed E-state index contributed by atoms with van der Waals surface area (Å²) in [5.41, 5.74) is 6.55. The Balaban J connectivity index is 2.12. The number of carbonyl (C=O) groups excluding carboxylic acids is 1. The van der Waals surface area contributed by atoms with Crippen molar-refractivity contribution in [2.24, 2.45) is 5.73 Å². The molecule has 82 valence electrons. The Morgan fingerprint density at radius 1 is 1.62 bits per heavy atom. The number of likely N-dealkylation sites (tertiary alicyclic amines) is 1. The van der Waals surface area contributed by atoms with Crippen molar-refractivity contribution in [3.8, 4) is 6.07 Å². The highest BCUT2D eigenvalue weighted by Gasteiger charge is 2.25. The van der Waals surface area contributed by atoms with Crippen LogP contribution in [0.5, 0.6) is 0 Å². The molecular weight excluding hydrogens is 204 g/mol. The van der Waals surface area contributed by atoms with E-state index in [1.807, 2.05) is 6.07 Å².